The minimum absolute atomic E-state index is 0.151. The third-order valence-corrected chi connectivity index (χ3v) is 8.52. The van der Waals surface area contributed by atoms with Crippen molar-refractivity contribution in [2.45, 2.75) is 37.7 Å². The molecule has 2 heterocycles. The zero-order chi connectivity index (χ0) is 33.6. The second-order valence-corrected chi connectivity index (χ2v) is 12.5. The second-order valence-electron chi connectivity index (χ2n) is 10.5. The summed E-state index contributed by atoms with van der Waals surface area (Å²) >= 11 is 0. The van der Waals surface area contributed by atoms with Crippen molar-refractivity contribution in [1.82, 2.24) is 4.98 Å². The van der Waals surface area contributed by atoms with Gasteiger partial charge in [0.05, 0.1) is 23.3 Å². The molecule has 3 N–H and O–H groups in total. The van der Waals surface area contributed by atoms with Gasteiger partial charge in [-0.2, -0.15) is 0 Å². The number of sulfone groups is 1. The minimum atomic E-state index is -3.92. The normalized spacial score (nSPS) is 15.3. The topological polar surface area (TPSA) is 146 Å². The Labute approximate surface area is 262 Å². The fraction of sp³-hybridized carbons (Fsp3) is 0.250. The van der Waals surface area contributed by atoms with Crippen LogP contribution in [-0.2, 0) is 21.2 Å². The van der Waals surface area contributed by atoms with E-state index in [1.165, 1.54) is 31.4 Å². The number of hydrogen-bond acceptors (Lipinski definition) is 10. The van der Waals surface area contributed by atoms with Gasteiger partial charge in [-0.3, -0.25) is 4.99 Å². The van der Waals surface area contributed by atoms with Crippen LogP contribution < -0.4 is 15.2 Å². The first kappa shape index (κ1) is 32.7. The zero-order valence-corrected chi connectivity index (χ0v) is 26.2. The average molecular weight is 658 g/mol. The van der Waals surface area contributed by atoms with E-state index in [1.54, 1.807) is 45.2 Å². The number of halogens is 3. The Morgan fingerprint density at radius 2 is 1.80 bits per heavy atom. The number of fused-ring (bicyclic) bond motifs is 1. The molecule has 4 aromatic rings. The maximum atomic E-state index is 15.1. The molecule has 0 amide bonds. The molecule has 0 spiro atoms. The highest BCUT2D eigenvalue weighted by Gasteiger charge is 2.43. The second kappa shape index (κ2) is 12.3. The fourth-order valence-electron chi connectivity index (χ4n) is 4.97. The van der Waals surface area contributed by atoms with Gasteiger partial charge in [0, 0.05) is 55.3 Å². The lowest BCUT2D eigenvalue weighted by Crippen LogP contribution is -2.25. The van der Waals surface area contributed by atoms with Crippen molar-refractivity contribution in [3.63, 3.8) is 0 Å². The van der Waals surface area contributed by atoms with E-state index in [0.29, 0.717) is 33.7 Å². The van der Waals surface area contributed by atoms with Gasteiger partial charge in [-0.05, 0) is 60.5 Å². The number of aromatic nitrogens is 1. The molecular formula is C32H30F3N3O7S. The van der Waals surface area contributed by atoms with Gasteiger partial charge in [0.2, 0.25) is 0 Å². The Hall–Kier alpha value is -4.66. The number of alkyl halides is 2. The molecule has 0 saturated heterocycles. The number of aliphatic hydroxyl groups excluding tert-OH is 1. The fourth-order valence-corrected chi connectivity index (χ4v) is 5.92. The van der Waals surface area contributed by atoms with Gasteiger partial charge in [0.25, 0.3) is 0 Å². The number of methoxy groups -OCH3 is 1. The molecule has 1 atom stereocenters. The molecule has 0 fully saturated rings. The Morgan fingerprint density at radius 1 is 1.11 bits per heavy atom. The predicted molar refractivity (Wildman–Crippen MR) is 164 cm³/mol. The van der Waals surface area contributed by atoms with Crippen LogP contribution in [-0.4, -0.2) is 57.0 Å². The molecule has 46 heavy (non-hydrogen) atoms. The van der Waals surface area contributed by atoms with Gasteiger partial charge in [0.1, 0.15) is 11.5 Å². The number of nitrogens with two attached hydrogens (primary N) is 1. The summed E-state index contributed by atoms with van der Waals surface area (Å²) in [5.74, 6) is -0.819. The molecule has 0 saturated carbocycles. The van der Waals surface area contributed by atoms with E-state index in [0.717, 1.165) is 12.3 Å². The van der Waals surface area contributed by atoms with Gasteiger partial charge in [-0.25, -0.2) is 17.8 Å². The number of ether oxygens (including phenoxy) is 3. The minimum Gasteiger partial charge on any atom is -0.440 e. The lowest BCUT2D eigenvalue weighted by molar-refractivity contribution is -0.286. The van der Waals surface area contributed by atoms with Crippen LogP contribution in [0.4, 0.5) is 13.2 Å². The molecule has 242 valence electrons. The first-order valence-electron chi connectivity index (χ1n) is 13.8. The molecule has 14 heteroatoms. The monoisotopic (exact) mass is 657 g/mol. The van der Waals surface area contributed by atoms with Gasteiger partial charge in [0.15, 0.2) is 33.0 Å². The third kappa shape index (κ3) is 6.36. The van der Waals surface area contributed by atoms with Gasteiger partial charge in [-0.1, -0.05) is 12.1 Å². The van der Waals surface area contributed by atoms with E-state index in [9.17, 15) is 22.3 Å². The average Bonchev–Trinajstić information content (AvgIpc) is 3.55. The van der Waals surface area contributed by atoms with Crippen LogP contribution in [0.25, 0.3) is 33.7 Å². The molecule has 1 aliphatic heterocycles. The molecule has 5 rings (SSSR count). The SMILES string of the molecule is CN=C(C=C(N)C(C)OC)c1ccc(-c2cc(F)c(CO)c(S(C)(=O)=O)c2)cc1-c1oc(C)nc1-c1ccc2c(c1)OC(F)(F)O2. The van der Waals surface area contributed by atoms with Crippen molar-refractivity contribution in [2.75, 3.05) is 20.4 Å². The first-order chi connectivity index (χ1) is 21.6. The Bertz CT molecular complexity index is 2010. The number of aryl methyl sites for hydroxylation is 1. The summed E-state index contributed by atoms with van der Waals surface area (Å²) in [6.45, 7) is 2.55. The third-order valence-electron chi connectivity index (χ3n) is 7.36. The van der Waals surface area contributed by atoms with Gasteiger partial charge in [-0.15, -0.1) is 8.78 Å². The van der Waals surface area contributed by atoms with Crippen LogP contribution in [0.3, 0.4) is 0 Å². The van der Waals surface area contributed by atoms with E-state index in [4.69, 9.17) is 14.9 Å². The molecule has 0 aliphatic carbocycles. The number of benzene rings is 3. The van der Waals surface area contributed by atoms with Crippen LogP contribution in [0.1, 0.15) is 23.9 Å². The molecule has 10 nitrogen and oxygen atoms in total. The summed E-state index contributed by atoms with van der Waals surface area (Å²) in [5, 5.41) is 9.68. The molecule has 0 radical (unpaired) electrons. The zero-order valence-electron chi connectivity index (χ0n) is 25.4. The summed E-state index contributed by atoms with van der Waals surface area (Å²) in [6.07, 6.45) is -1.73. The van der Waals surface area contributed by atoms with Gasteiger partial charge < -0.3 is 29.5 Å². The van der Waals surface area contributed by atoms with E-state index in [-0.39, 0.29) is 44.9 Å². The van der Waals surface area contributed by atoms with E-state index >= 15 is 4.39 Å². The number of aliphatic imine (C=N–C) groups is 1. The van der Waals surface area contributed by atoms with Crippen molar-refractivity contribution in [3.8, 4) is 45.2 Å². The van der Waals surface area contributed by atoms with Crippen molar-refractivity contribution in [3.05, 3.63) is 83.1 Å². The first-order valence-corrected chi connectivity index (χ1v) is 15.7. The van der Waals surface area contributed by atoms with E-state index < -0.39 is 34.7 Å². The van der Waals surface area contributed by atoms with Crippen LogP contribution >= 0.6 is 0 Å². The Balaban J connectivity index is 1.76. The van der Waals surface area contributed by atoms with Crippen LogP contribution in [0.2, 0.25) is 0 Å². The van der Waals surface area contributed by atoms with Crippen molar-refractivity contribution >= 4 is 15.5 Å². The summed E-state index contributed by atoms with van der Waals surface area (Å²) in [5.41, 5.74) is 8.78. The van der Waals surface area contributed by atoms with Crippen molar-refractivity contribution in [2.24, 2.45) is 10.7 Å². The number of rotatable bonds is 9. The highest BCUT2D eigenvalue weighted by molar-refractivity contribution is 7.90. The number of oxazole rings is 1. The van der Waals surface area contributed by atoms with Crippen molar-refractivity contribution in [1.29, 1.82) is 0 Å². The van der Waals surface area contributed by atoms with Crippen LogP contribution in [0.15, 0.2) is 74.6 Å². The number of allylic oxidation sites excluding steroid dienone is 1. The van der Waals surface area contributed by atoms with Crippen molar-refractivity contribution < 1.29 is 45.3 Å². The van der Waals surface area contributed by atoms with E-state index in [2.05, 4.69) is 19.5 Å². The Morgan fingerprint density at radius 3 is 2.46 bits per heavy atom. The lowest BCUT2D eigenvalue weighted by Gasteiger charge is -2.15. The smallest absolute Gasteiger partial charge is 0.440 e. The quantitative estimate of drug-likeness (QED) is 0.219. The molecule has 1 aromatic heterocycles. The summed E-state index contributed by atoms with van der Waals surface area (Å²) in [7, 11) is -0.859. The Kier molecular flexibility index (Phi) is 8.73. The summed E-state index contributed by atoms with van der Waals surface area (Å²) in [4.78, 5) is 8.57. The molecular weight excluding hydrogens is 627 g/mol. The number of nitrogens with zero attached hydrogens (tertiary/aromatic N) is 2. The molecule has 3 aromatic carbocycles. The maximum Gasteiger partial charge on any atom is 0.586 e. The van der Waals surface area contributed by atoms with Gasteiger partial charge >= 0.3 is 6.29 Å². The molecule has 0 bridgehead atoms. The van der Waals surface area contributed by atoms with Crippen LogP contribution in [0, 0.1) is 12.7 Å². The summed E-state index contributed by atoms with van der Waals surface area (Å²) in [6, 6.07) is 11.5. The number of aliphatic hydroxyl groups is 1. The predicted octanol–water partition coefficient (Wildman–Crippen LogP) is 5.64. The van der Waals surface area contributed by atoms with Crippen LogP contribution in [0.5, 0.6) is 11.5 Å². The number of hydrogen-bond donors (Lipinski definition) is 2. The lowest BCUT2D eigenvalue weighted by atomic mass is 9.92. The standard InChI is InChI=1S/C32H30F3N3O7S/c1-16(42-4)25(36)14-26(37-3)21-8-6-18(20-11-24(33)23(15-39)29(13-20)46(5,40)41)10-22(21)31-30(38-17(2)43-31)19-7-9-27-28(12-19)45-32(34,35)44-27/h6-14,16,39H,15,36H2,1-5H3. The van der Waals surface area contributed by atoms with E-state index in [1.807, 2.05) is 0 Å². The molecule has 1 unspecified atom stereocenters. The maximum absolute atomic E-state index is 15.1. The highest BCUT2D eigenvalue weighted by Crippen LogP contribution is 2.45. The summed E-state index contributed by atoms with van der Waals surface area (Å²) < 4.78 is 88.3. The largest absolute Gasteiger partial charge is 0.586 e. The molecule has 1 aliphatic rings. The highest BCUT2D eigenvalue weighted by atomic mass is 32.2.